The predicted molar refractivity (Wildman–Crippen MR) is 83.7 cm³/mol. The fourth-order valence-corrected chi connectivity index (χ4v) is 3.25. The highest BCUT2D eigenvalue weighted by atomic mass is 15.4. The molecule has 0 amide bonds. The molecular formula is C16H23N5. The summed E-state index contributed by atoms with van der Waals surface area (Å²) in [6.07, 6.45) is 8.47. The van der Waals surface area contributed by atoms with Crippen LogP contribution in [0.4, 0.5) is 5.95 Å². The zero-order chi connectivity index (χ0) is 14.2. The van der Waals surface area contributed by atoms with E-state index in [1.54, 1.807) is 0 Å². The largest absolute Gasteiger partial charge is 0.335 e. The highest BCUT2D eigenvalue weighted by Gasteiger charge is 2.33. The van der Waals surface area contributed by atoms with Crippen LogP contribution < -0.4 is 10.2 Å². The maximum Gasteiger partial charge on any atom is 0.245 e. The van der Waals surface area contributed by atoms with Crippen LogP contribution in [0.1, 0.15) is 37.7 Å². The van der Waals surface area contributed by atoms with E-state index >= 15 is 0 Å². The third-order valence-corrected chi connectivity index (χ3v) is 4.62. The third-order valence-electron chi connectivity index (χ3n) is 4.62. The highest BCUT2D eigenvalue weighted by molar-refractivity contribution is 5.51. The first-order chi connectivity index (χ1) is 10.3. The summed E-state index contributed by atoms with van der Waals surface area (Å²) in [6.45, 7) is 4.29. The molecule has 5 heteroatoms. The minimum Gasteiger partial charge on any atom is -0.335 e. The summed E-state index contributed by atoms with van der Waals surface area (Å²) in [4.78, 5) is 7.22. The van der Waals surface area contributed by atoms with Crippen molar-refractivity contribution in [3.8, 4) is 0 Å². The molecule has 1 saturated carbocycles. The molecule has 1 aliphatic carbocycles. The number of nitrogens with zero attached hydrogens (tertiary/aromatic N) is 4. The fourth-order valence-electron chi connectivity index (χ4n) is 3.25. The van der Waals surface area contributed by atoms with E-state index in [-0.39, 0.29) is 0 Å². The van der Waals surface area contributed by atoms with Gasteiger partial charge < -0.3 is 10.2 Å². The number of hydrogen-bond donors (Lipinski definition) is 1. The fraction of sp³-hybridized carbons (Fsp3) is 0.625. The van der Waals surface area contributed by atoms with Crippen LogP contribution >= 0.6 is 0 Å². The molecule has 21 heavy (non-hydrogen) atoms. The van der Waals surface area contributed by atoms with Crippen molar-refractivity contribution in [2.45, 2.75) is 51.1 Å². The van der Waals surface area contributed by atoms with Crippen LogP contribution in [0.5, 0.6) is 0 Å². The molecule has 1 saturated heterocycles. The number of anilines is 1. The Morgan fingerprint density at radius 2 is 2.24 bits per heavy atom. The predicted octanol–water partition coefficient (Wildman–Crippen LogP) is 2.15. The summed E-state index contributed by atoms with van der Waals surface area (Å²) in [5, 5.41) is 8.35. The number of piperidine rings is 1. The van der Waals surface area contributed by atoms with Crippen LogP contribution in [-0.2, 0) is 0 Å². The average molecular weight is 285 g/mol. The van der Waals surface area contributed by atoms with Gasteiger partial charge in [0.15, 0.2) is 5.65 Å². The number of hydrogen-bond acceptors (Lipinski definition) is 4. The molecule has 112 valence electrons. The summed E-state index contributed by atoms with van der Waals surface area (Å²) in [5.41, 5.74) is 2.16. The molecule has 1 aliphatic heterocycles. The number of fused-ring (bicyclic) bond motifs is 1. The smallest absolute Gasteiger partial charge is 0.245 e. The zero-order valence-corrected chi connectivity index (χ0v) is 12.6. The summed E-state index contributed by atoms with van der Waals surface area (Å²) in [6, 6.07) is 5.36. The molecule has 1 unspecified atom stereocenters. The lowest BCUT2D eigenvalue weighted by molar-refractivity contribution is 0.397. The number of aromatic nitrogens is 3. The van der Waals surface area contributed by atoms with E-state index in [4.69, 9.17) is 10.1 Å². The Hall–Kier alpha value is -1.62. The van der Waals surface area contributed by atoms with Gasteiger partial charge in [-0.15, -0.1) is 5.10 Å². The van der Waals surface area contributed by atoms with Crippen LogP contribution in [0.25, 0.3) is 5.65 Å². The molecule has 1 N–H and O–H groups in total. The lowest BCUT2D eigenvalue weighted by Gasteiger charge is -2.30. The molecular weight excluding hydrogens is 262 g/mol. The minimum atomic E-state index is 0.590. The standard InChI is InChI=1S/C16H23N5/c1-12-5-4-10-21-15(12)18-16(19-21)20(14-7-8-14)11-13-6-2-3-9-17-13/h4-5,10,13-14,17H,2-3,6-9,11H2,1H3. The first kappa shape index (κ1) is 13.1. The van der Waals surface area contributed by atoms with Crippen molar-refractivity contribution in [2.75, 3.05) is 18.0 Å². The van der Waals surface area contributed by atoms with Gasteiger partial charge in [0.1, 0.15) is 0 Å². The Labute approximate surface area is 125 Å². The first-order valence-electron chi connectivity index (χ1n) is 8.13. The number of nitrogens with one attached hydrogen (secondary N) is 1. The Morgan fingerprint density at radius 1 is 1.33 bits per heavy atom. The maximum absolute atomic E-state index is 4.79. The van der Waals surface area contributed by atoms with Gasteiger partial charge in [0.05, 0.1) is 0 Å². The van der Waals surface area contributed by atoms with Crippen LogP contribution in [-0.4, -0.2) is 39.8 Å². The average Bonchev–Trinajstić information content (AvgIpc) is 3.25. The molecule has 1 atom stereocenters. The van der Waals surface area contributed by atoms with Crippen molar-refractivity contribution in [2.24, 2.45) is 0 Å². The molecule has 0 radical (unpaired) electrons. The normalized spacial score (nSPS) is 22.6. The topological polar surface area (TPSA) is 45.5 Å². The van der Waals surface area contributed by atoms with E-state index in [0.29, 0.717) is 12.1 Å². The van der Waals surface area contributed by atoms with Crippen molar-refractivity contribution in [3.63, 3.8) is 0 Å². The minimum absolute atomic E-state index is 0.590. The number of aryl methyl sites for hydroxylation is 1. The molecule has 3 heterocycles. The van der Waals surface area contributed by atoms with Crippen LogP contribution in [0.15, 0.2) is 18.3 Å². The van der Waals surface area contributed by atoms with Gasteiger partial charge in [0, 0.05) is 24.8 Å². The summed E-state index contributed by atoms with van der Waals surface area (Å²) in [5.74, 6) is 0.902. The Kier molecular flexibility index (Phi) is 3.30. The van der Waals surface area contributed by atoms with E-state index in [1.165, 1.54) is 37.7 Å². The molecule has 2 aromatic rings. The SMILES string of the molecule is Cc1cccn2nc(N(CC3CCCCN3)C3CC3)nc12. The lowest BCUT2D eigenvalue weighted by Crippen LogP contribution is -2.45. The molecule has 0 bridgehead atoms. The lowest BCUT2D eigenvalue weighted by atomic mass is 10.0. The Balaban J connectivity index is 1.61. The summed E-state index contributed by atoms with van der Waals surface area (Å²) < 4.78 is 1.91. The number of pyridine rings is 1. The monoisotopic (exact) mass is 285 g/mol. The molecule has 2 aromatic heterocycles. The van der Waals surface area contributed by atoms with Gasteiger partial charge in [0.2, 0.25) is 5.95 Å². The van der Waals surface area contributed by atoms with Gasteiger partial charge in [-0.05, 0) is 50.8 Å². The van der Waals surface area contributed by atoms with E-state index in [9.17, 15) is 0 Å². The van der Waals surface area contributed by atoms with Crippen LogP contribution in [0.2, 0.25) is 0 Å². The van der Waals surface area contributed by atoms with Crippen molar-refractivity contribution in [1.29, 1.82) is 0 Å². The zero-order valence-electron chi connectivity index (χ0n) is 12.6. The molecule has 0 aromatic carbocycles. The second-order valence-electron chi connectivity index (χ2n) is 6.40. The number of rotatable bonds is 4. The van der Waals surface area contributed by atoms with Crippen LogP contribution in [0, 0.1) is 6.92 Å². The van der Waals surface area contributed by atoms with Crippen molar-refractivity contribution < 1.29 is 0 Å². The third kappa shape index (κ3) is 2.62. The van der Waals surface area contributed by atoms with E-state index in [0.717, 1.165) is 24.7 Å². The second-order valence-corrected chi connectivity index (χ2v) is 6.40. The van der Waals surface area contributed by atoms with Gasteiger partial charge >= 0.3 is 0 Å². The van der Waals surface area contributed by atoms with Crippen molar-refractivity contribution in [3.05, 3.63) is 23.9 Å². The highest BCUT2D eigenvalue weighted by Crippen LogP contribution is 2.31. The maximum atomic E-state index is 4.79. The Bertz CT molecular complexity index is 625. The molecule has 2 aliphatic rings. The van der Waals surface area contributed by atoms with Gasteiger partial charge in [-0.25, -0.2) is 4.52 Å². The molecule has 2 fully saturated rings. The first-order valence-corrected chi connectivity index (χ1v) is 8.13. The molecule has 5 nitrogen and oxygen atoms in total. The van der Waals surface area contributed by atoms with Crippen molar-refractivity contribution in [1.82, 2.24) is 19.9 Å². The van der Waals surface area contributed by atoms with E-state index < -0.39 is 0 Å². The van der Waals surface area contributed by atoms with Gasteiger partial charge in [0.25, 0.3) is 0 Å². The van der Waals surface area contributed by atoms with E-state index in [1.807, 2.05) is 16.8 Å². The van der Waals surface area contributed by atoms with Crippen LogP contribution in [0.3, 0.4) is 0 Å². The van der Waals surface area contributed by atoms with Gasteiger partial charge in [-0.1, -0.05) is 12.5 Å². The molecule has 0 spiro atoms. The molecule has 4 rings (SSSR count). The van der Waals surface area contributed by atoms with E-state index in [2.05, 4.69) is 23.2 Å². The summed E-state index contributed by atoms with van der Waals surface area (Å²) in [7, 11) is 0. The van der Waals surface area contributed by atoms with Crippen molar-refractivity contribution >= 4 is 11.6 Å². The van der Waals surface area contributed by atoms with Gasteiger partial charge in [-0.2, -0.15) is 4.98 Å². The Morgan fingerprint density at radius 3 is 2.95 bits per heavy atom. The quantitative estimate of drug-likeness (QED) is 0.935. The summed E-state index contributed by atoms with van der Waals surface area (Å²) >= 11 is 0. The second kappa shape index (κ2) is 5.30. The van der Waals surface area contributed by atoms with Gasteiger partial charge in [-0.3, -0.25) is 0 Å².